The molecule has 1 spiro atoms. The molecule has 4 aliphatic rings. The van der Waals surface area contributed by atoms with E-state index in [1.807, 2.05) is 0 Å². The second kappa shape index (κ2) is 17.1. The van der Waals surface area contributed by atoms with Crippen molar-refractivity contribution in [3.63, 3.8) is 0 Å². The number of ether oxygens (including phenoxy) is 9. The molecule has 0 aromatic carbocycles. The van der Waals surface area contributed by atoms with Crippen LogP contribution in [0.15, 0.2) is 41.5 Å². The molecule has 4 bridgehead atoms. The highest BCUT2D eigenvalue weighted by atomic mass is 16.7. The van der Waals surface area contributed by atoms with E-state index in [2.05, 4.69) is 4.98 Å². The molecule has 1 N–H and O–H groups in total. The zero-order valence-corrected chi connectivity index (χ0v) is 36.8. The van der Waals surface area contributed by atoms with E-state index < -0.39 is 143 Å². The van der Waals surface area contributed by atoms with E-state index in [1.165, 1.54) is 39.2 Å². The molecular weight excluding hydrogens is 848 g/mol. The first-order valence-corrected chi connectivity index (χ1v) is 20.3. The summed E-state index contributed by atoms with van der Waals surface area (Å²) in [6.07, 6.45) is -10.1. The molecule has 4 heterocycles. The lowest BCUT2D eigenvalue weighted by Gasteiger charge is -2.67. The van der Waals surface area contributed by atoms with Crippen LogP contribution in [0.5, 0.6) is 0 Å². The molecule has 21 nitrogen and oxygen atoms in total. The quantitative estimate of drug-likeness (QED) is 0.286. The Balaban J connectivity index is 1.80. The highest BCUT2D eigenvalue weighted by Crippen LogP contribution is 2.70. The van der Waals surface area contributed by atoms with Crippen molar-refractivity contribution in [3.05, 3.63) is 63.8 Å². The second-order valence-electron chi connectivity index (χ2n) is 17.0. The van der Waals surface area contributed by atoms with Crippen LogP contribution >= 0.6 is 0 Å². The van der Waals surface area contributed by atoms with E-state index in [0.717, 1.165) is 64.4 Å². The Bertz CT molecular complexity index is 2340. The van der Waals surface area contributed by atoms with Gasteiger partial charge in [-0.1, -0.05) is 13.8 Å². The number of aliphatic hydroxyl groups is 1. The molecule has 21 heteroatoms. The fraction of sp³-hybridized carbons (Fsp3) is 0.581. The number of hydrogen-bond donors (Lipinski definition) is 1. The molecule has 2 aromatic heterocycles. The van der Waals surface area contributed by atoms with Crippen LogP contribution < -0.4 is 5.56 Å². The van der Waals surface area contributed by atoms with Gasteiger partial charge < -0.3 is 52.3 Å². The zero-order chi connectivity index (χ0) is 47.4. The Labute approximate surface area is 365 Å². The number of cyclic esters (lactones) is 1. The topological polar surface area (TPSA) is 275 Å². The predicted octanol–water partition coefficient (Wildman–Crippen LogP) is 1.03. The summed E-state index contributed by atoms with van der Waals surface area (Å²) < 4.78 is 56.3. The van der Waals surface area contributed by atoms with Crippen molar-refractivity contribution >= 4 is 47.8 Å². The molecule has 2 aliphatic heterocycles. The van der Waals surface area contributed by atoms with Crippen molar-refractivity contribution in [2.24, 2.45) is 24.3 Å². The third-order valence-corrected chi connectivity index (χ3v) is 12.7. The Hall–Kier alpha value is -6.22. The van der Waals surface area contributed by atoms with Gasteiger partial charge in [-0.15, -0.1) is 0 Å². The zero-order valence-electron chi connectivity index (χ0n) is 36.8. The van der Waals surface area contributed by atoms with Crippen molar-refractivity contribution in [1.29, 1.82) is 0 Å². The van der Waals surface area contributed by atoms with Crippen LogP contribution in [0.25, 0.3) is 0 Å². The number of carbonyl (C=O) groups excluding carboxylic acids is 8. The van der Waals surface area contributed by atoms with Gasteiger partial charge in [0.25, 0.3) is 0 Å². The van der Waals surface area contributed by atoms with Crippen LogP contribution in [0.1, 0.15) is 94.6 Å². The van der Waals surface area contributed by atoms with E-state index in [1.54, 1.807) is 6.92 Å². The standard InChI is InChI=1S/C43H50N2O19/c1-19-20(2)37(52)63-34-32(62-38(53)26-13-14-28(51)45(10)16-26)36(61-25(7)50)42(18-56-21(3)46)35(60-24(6)49)31(58-22(4)47)29-33(59-23(5)48)43(42,41(34,9)55)64-40(29,8)17-57-39(54)27-12-11-15-44-30(19)27/h11-16,19-20,29,31-36,55H,17-18H2,1-10H3/t19?,20-,29-,31?,32?,33+,34+,35?,36?,40?,41+,42?,43+/m1/s1. The average molecular weight is 899 g/mol. The molecule has 3 fully saturated rings. The molecule has 1 saturated heterocycles. The number of rotatable bonds is 8. The summed E-state index contributed by atoms with van der Waals surface area (Å²) in [6.45, 7) is 8.38. The Morgan fingerprint density at radius 3 is 1.97 bits per heavy atom. The minimum absolute atomic E-state index is 0.0734. The number of aryl methyl sites for hydroxylation is 1. The first-order valence-electron chi connectivity index (χ1n) is 20.3. The molecule has 64 heavy (non-hydrogen) atoms. The van der Waals surface area contributed by atoms with Gasteiger partial charge in [-0.3, -0.25) is 38.5 Å². The van der Waals surface area contributed by atoms with E-state index >= 15 is 0 Å². The molecule has 0 radical (unpaired) electrons. The molecule has 2 saturated carbocycles. The smallest absolute Gasteiger partial charge is 0.340 e. The molecule has 0 amide bonds. The van der Waals surface area contributed by atoms with Crippen LogP contribution in [0.3, 0.4) is 0 Å². The average Bonchev–Trinajstić information content (AvgIpc) is 3.42. The minimum atomic E-state index is -2.93. The lowest BCUT2D eigenvalue weighted by molar-refractivity contribution is -0.386. The van der Waals surface area contributed by atoms with Crippen LogP contribution in [0, 0.1) is 17.3 Å². The summed E-state index contributed by atoms with van der Waals surface area (Å²) >= 11 is 0. The van der Waals surface area contributed by atoms with E-state index in [-0.39, 0.29) is 16.8 Å². The monoisotopic (exact) mass is 898 g/mol. The largest absolute Gasteiger partial charge is 0.465 e. The minimum Gasteiger partial charge on any atom is -0.465 e. The first-order chi connectivity index (χ1) is 29.8. The second-order valence-corrected chi connectivity index (χ2v) is 17.0. The number of hydrogen-bond acceptors (Lipinski definition) is 20. The highest BCUT2D eigenvalue weighted by Gasteiger charge is 2.92. The van der Waals surface area contributed by atoms with Gasteiger partial charge in [-0.25, -0.2) is 9.59 Å². The number of nitrogens with zero attached hydrogens (tertiary/aromatic N) is 2. The molecular formula is C43H50N2O19. The van der Waals surface area contributed by atoms with Gasteiger partial charge in [0.2, 0.25) is 5.56 Å². The number of fused-ring (bicyclic) bond motifs is 5. The summed E-state index contributed by atoms with van der Waals surface area (Å²) in [5.74, 6) is -12.3. The van der Waals surface area contributed by atoms with Gasteiger partial charge in [0, 0.05) is 66.0 Å². The SMILES string of the molecule is CC(=O)OCC12C(OC(C)=O)C(OC(C)=O)[C@@H]3[C@H](OC(C)=O)[C@@]14OC3(C)COC(=O)c1cccnc1C(C)[C@@H](C)C(=O)O[C@@H](C(OC(=O)c1ccc(=O)n(C)c1)C2OC(C)=O)[C@]4(C)O. The number of carbonyl (C=O) groups is 8. The van der Waals surface area contributed by atoms with Crippen LogP contribution in [0.4, 0.5) is 0 Å². The van der Waals surface area contributed by atoms with Crippen molar-refractivity contribution in [3.8, 4) is 0 Å². The highest BCUT2D eigenvalue weighted by molar-refractivity contribution is 5.91. The predicted molar refractivity (Wildman–Crippen MR) is 210 cm³/mol. The van der Waals surface area contributed by atoms with Crippen LogP contribution in [0.2, 0.25) is 0 Å². The number of pyridine rings is 2. The van der Waals surface area contributed by atoms with Gasteiger partial charge in [0.1, 0.15) is 42.0 Å². The fourth-order valence-electron chi connectivity index (χ4n) is 9.96. The maximum Gasteiger partial charge on any atom is 0.340 e. The van der Waals surface area contributed by atoms with Crippen molar-refractivity contribution in [1.82, 2.24) is 9.55 Å². The van der Waals surface area contributed by atoms with E-state index in [4.69, 9.17) is 42.6 Å². The maximum absolute atomic E-state index is 14.7. The molecule has 2 aliphatic carbocycles. The van der Waals surface area contributed by atoms with E-state index in [0.29, 0.717) is 0 Å². The Morgan fingerprint density at radius 2 is 1.39 bits per heavy atom. The summed E-state index contributed by atoms with van der Waals surface area (Å²) in [6, 6.07) is 5.03. The van der Waals surface area contributed by atoms with Gasteiger partial charge in [0.15, 0.2) is 30.0 Å². The van der Waals surface area contributed by atoms with Crippen LogP contribution in [-0.4, -0.2) is 129 Å². The van der Waals surface area contributed by atoms with Gasteiger partial charge >= 0.3 is 47.8 Å². The molecule has 2 aromatic rings. The molecule has 346 valence electrons. The number of aromatic nitrogens is 2. The summed E-state index contributed by atoms with van der Waals surface area (Å²) in [5.41, 5.74) is -11.3. The third kappa shape index (κ3) is 7.66. The summed E-state index contributed by atoms with van der Waals surface area (Å²) in [4.78, 5) is 127. The van der Waals surface area contributed by atoms with Crippen LogP contribution in [-0.2, 0) is 78.4 Å². The number of esters is 8. The normalized spacial score (nSPS) is 35.3. The van der Waals surface area contributed by atoms with Crippen molar-refractivity contribution in [2.75, 3.05) is 13.2 Å². The molecule has 13 atom stereocenters. The maximum atomic E-state index is 14.7. The van der Waals surface area contributed by atoms with Gasteiger partial charge in [0.05, 0.1) is 28.7 Å². The van der Waals surface area contributed by atoms with Crippen molar-refractivity contribution < 1.29 is 86.1 Å². The fourth-order valence-corrected chi connectivity index (χ4v) is 9.96. The van der Waals surface area contributed by atoms with E-state index in [9.17, 15) is 48.3 Å². The summed E-state index contributed by atoms with van der Waals surface area (Å²) in [7, 11) is 1.34. The molecule has 7 unspecified atom stereocenters. The van der Waals surface area contributed by atoms with Gasteiger partial charge in [-0.05, 0) is 32.0 Å². The van der Waals surface area contributed by atoms with Crippen molar-refractivity contribution in [2.45, 2.75) is 122 Å². The first kappa shape index (κ1) is 47.3. The molecule has 6 rings (SSSR count). The third-order valence-electron chi connectivity index (χ3n) is 12.7. The Kier molecular flexibility index (Phi) is 12.6. The lowest BCUT2D eigenvalue weighted by atomic mass is 9.45. The Morgan fingerprint density at radius 1 is 0.797 bits per heavy atom. The lowest BCUT2D eigenvalue weighted by Crippen LogP contribution is -2.89. The summed E-state index contributed by atoms with van der Waals surface area (Å²) in [5, 5.41) is 13.7. The van der Waals surface area contributed by atoms with Gasteiger partial charge in [-0.2, -0.15) is 0 Å².